The van der Waals surface area contributed by atoms with Gasteiger partial charge in [0.05, 0.1) is 0 Å². The van der Waals surface area contributed by atoms with E-state index in [1.165, 1.54) is 0 Å². The third-order valence-corrected chi connectivity index (χ3v) is 6.05. The quantitative estimate of drug-likeness (QED) is 0.820. The highest BCUT2D eigenvalue weighted by molar-refractivity contribution is 6.03. The number of rotatable bonds is 5. The zero-order valence-electron chi connectivity index (χ0n) is 17.2. The van der Waals surface area contributed by atoms with Gasteiger partial charge >= 0.3 is 0 Å². The van der Waals surface area contributed by atoms with E-state index >= 15 is 0 Å². The van der Waals surface area contributed by atoms with Gasteiger partial charge in [-0.15, -0.1) is 0 Å². The summed E-state index contributed by atoms with van der Waals surface area (Å²) in [6.07, 6.45) is 4.01. The number of nitrogens with one attached hydrogen (secondary N) is 1. The lowest BCUT2D eigenvalue weighted by atomic mass is 9.81. The van der Waals surface area contributed by atoms with Crippen molar-refractivity contribution in [3.63, 3.8) is 0 Å². The van der Waals surface area contributed by atoms with Gasteiger partial charge in [-0.3, -0.25) is 14.6 Å². The predicted molar refractivity (Wildman–Crippen MR) is 114 cm³/mol. The molecule has 1 aliphatic carbocycles. The number of piperazine rings is 1. The zero-order chi connectivity index (χ0) is 21.1. The second kappa shape index (κ2) is 8.42. The van der Waals surface area contributed by atoms with Gasteiger partial charge in [0, 0.05) is 43.8 Å². The number of amides is 2. The molecule has 2 amide bonds. The van der Waals surface area contributed by atoms with Gasteiger partial charge in [0.2, 0.25) is 0 Å². The van der Waals surface area contributed by atoms with Gasteiger partial charge < -0.3 is 15.1 Å². The lowest BCUT2D eigenvalue weighted by Gasteiger charge is -2.41. The Balaban J connectivity index is 1.33. The first-order valence-corrected chi connectivity index (χ1v) is 10.6. The van der Waals surface area contributed by atoms with E-state index in [0.717, 1.165) is 24.1 Å². The predicted octanol–water partition coefficient (Wildman–Crippen LogP) is 3.44. The van der Waals surface area contributed by atoms with E-state index in [9.17, 15) is 14.0 Å². The minimum atomic E-state index is -1.62. The minimum Gasteiger partial charge on any atom is -0.368 e. The van der Waals surface area contributed by atoms with E-state index in [1.54, 1.807) is 17.2 Å². The first kappa shape index (κ1) is 20.3. The molecule has 2 aromatic rings. The number of hydrogen-bond donors (Lipinski definition) is 1. The maximum atomic E-state index is 14.4. The number of carbonyl (C=O) groups excluding carboxylic acids is 2. The molecule has 1 saturated carbocycles. The summed E-state index contributed by atoms with van der Waals surface area (Å²) in [5.74, 6) is -0.575. The fraction of sp³-hybridized carbons (Fsp3) is 0.435. The largest absolute Gasteiger partial charge is 0.368 e. The molecule has 1 saturated heterocycles. The third kappa shape index (κ3) is 4.15. The van der Waals surface area contributed by atoms with Crippen LogP contribution >= 0.6 is 0 Å². The van der Waals surface area contributed by atoms with Crippen LogP contribution in [0.2, 0.25) is 0 Å². The Hall–Kier alpha value is -2.96. The molecule has 2 aliphatic rings. The number of pyridine rings is 1. The number of carbonyl (C=O) groups is 2. The number of halogens is 1. The summed E-state index contributed by atoms with van der Waals surface area (Å²) < 4.78 is 14.4. The average molecular weight is 410 g/mol. The topological polar surface area (TPSA) is 65.5 Å². The van der Waals surface area contributed by atoms with E-state index in [0.29, 0.717) is 50.4 Å². The monoisotopic (exact) mass is 410 g/mol. The lowest BCUT2D eigenvalue weighted by molar-refractivity contribution is -0.150. The maximum absolute atomic E-state index is 14.4. The van der Waals surface area contributed by atoms with Crippen LogP contribution in [0.15, 0.2) is 42.6 Å². The smallest absolute Gasteiger partial charge is 0.274 e. The van der Waals surface area contributed by atoms with Gasteiger partial charge in [0.25, 0.3) is 11.8 Å². The average Bonchev–Trinajstić information content (AvgIpc) is 2.77. The number of hydrogen-bond acceptors (Lipinski definition) is 4. The Labute approximate surface area is 176 Å². The van der Waals surface area contributed by atoms with E-state index in [2.05, 4.69) is 15.2 Å². The Morgan fingerprint density at radius 2 is 1.80 bits per heavy atom. The van der Waals surface area contributed by atoms with Crippen molar-refractivity contribution in [2.45, 2.75) is 38.3 Å². The summed E-state index contributed by atoms with van der Waals surface area (Å²) in [5, 5.41) is 2.88. The fourth-order valence-electron chi connectivity index (χ4n) is 3.92. The van der Waals surface area contributed by atoms with Crippen molar-refractivity contribution in [3.8, 4) is 0 Å². The number of anilines is 2. The zero-order valence-corrected chi connectivity index (χ0v) is 17.2. The van der Waals surface area contributed by atoms with Crippen LogP contribution in [0.5, 0.6) is 0 Å². The van der Waals surface area contributed by atoms with Crippen molar-refractivity contribution in [2.75, 3.05) is 36.4 Å². The van der Waals surface area contributed by atoms with Crippen molar-refractivity contribution in [1.29, 1.82) is 0 Å². The molecule has 6 nitrogen and oxygen atoms in total. The van der Waals surface area contributed by atoms with Crippen LogP contribution in [0.1, 0.15) is 42.2 Å². The second-order valence-corrected chi connectivity index (χ2v) is 8.00. The summed E-state index contributed by atoms with van der Waals surface area (Å²) >= 11 is 0. The third-order valence-electron chi connectivity index (χ3n) is 6.05. The summed E-state index contributed by atoms with van der Waals surface area (Å²) in [7, 11) is 0. The van der Waals surface area contributed by atoms with Crippen LogP contribution in [0.3, 0.4) is 0 Å². The van der Waals surface area contributed by atoms with Gasteiger partial charge in [-0.2, -0.15) is 0 Å². The number of alkyl halides is 1. The van der Waals surface area contributed by atoms with Crippen molar-refractivity contribution in [1.82, 2.24) is 9.88 Å². The van der Waals surface area contributed by atoms with Gasteiger partial charge in [-0.05, 0) is 67.6 Å². The van der Waals surface area contributed by atoms with Crippen LogP contribution < -0.4 is 10.2 Å². The molecule has 0 bridgehead atoms. The molecular weight excluding hydrogens is 383 g/mol. The van der Waals surface area contributed by atoms with Crippen molar-refractivity contribution in [2.24, 2.45) is 0 Å². The Morgan fingerprint density at radius 1 is 1.10 bits per heavy atom. The molecule has 0 unspecified atom stereocenters. The summed E-state index contributed by atoms with van der Waals surface area (Å²) in [5.41, 5.74) is 1.57. The minimum absolute atomic E-state index is 0.235. The molecule has 7 heteroatoms. The summed E-state index contributed by atoms with van der Waals surface area (Å²) in [6, 6.07) is 11.3. The van der Waals surface area contributed by atoms with Crippen molar-refractivity contribution >= 4 is 23.2 Å². The molecule has 0 spiro atoms. The number of nitrogens with zero attached hydrogens (tertiary/aromatic N) is 3. The number of aromatic nitrogens is 1. The molecule has 0 radical (unpaired) electrons. The van der Waals surface area contributed by atoms with Gasteiger partial charge in [0.1, 0.15) is 5.69 Å². The molecule has 30 heavy (non-hydrogen) atoms. The standard InChI is InChI=1S/C23H27FN4O2/c1-2-17-8-11-25-20(16-17)21(29)26-18-4-6-19(7-5-18)27-12-14-28(15-13-27)22(30)23(24)9-3-10-23/h4-8,11,16H,2-3,9-10,12-15H2,1H3,(H,26,29). The summed E-state index contributed by atoms with van der Waals surface area (Å²) in [6.45, 7) is 4.43. The van der Waals surface area contributed by atoms with Gasteiger partial charge in [-0.25, -0.2) is 4.39 Å². The van der Waals surface area contributed by atoms with Gasteiger partial charge in [0.15, 0.2) is 5.67 Å². The van der Waals surface area contributed by atoms with E-state index < -0.39 is 5.67 Å². The molecule has 2 heterocycles. The first-order chi connectivity index (χ1) is 14.5. The molecule has 158 valence electrons. The molecule has 1 aliphatic heterocycles. The van der Waals surface area contributed by atoms with E-state index in [4.69, 9.17) is 0 Å². The molecular formula is C23H27FN4O2. The maximum Gasteiger partial charge on any atom is 0.274 e. The highest BCUT2D eigenvalue weighted by Crippen LogP contribution is 2.37. The first-order valence-electron chi connectivity index (χ1n) is 10.6. The molecule has 4 rings (SSSR count). The number of aryl methyl sites for hydroxylation is 1. The molecule has 0 atom stereocenters. The normalized spacial score (nSPS) is 17.9. The fourth-order valence-corrected chi connectivity index (χ4v) is 3.92. The molecule has 1 N–H and O–H groups in total. The van der Waals surface area contributed by atoms with Crippen LogP contribution in [0, 0.1) is 0 Å². The van der Waals surface area contributed by atoms with Crippen LogP contribution in [0.4, 0.5) is 15.8 Å². The Kier molecular flexibility index (Phi) is 5.70. The van der Waals surface area contributed by atoms with Crippen LogP contribution in [-0.4, -0.2) is 53.5 Å². The van der Waals surface area contributed by atoms with Crippen LogP contribution in [0.25, 0.3) is 0 Å². The van der Waals surface area contributed by atoms with Gasteiger partial charge in [-0.1, -0.05) is 6.92 Å². The molecule has 1 aromatic carbocycles. The molecule has 1 aromatic heterocycles. The molecule has 2 fully saturated rings. The number of benzene rings is 1. The van der Waals surface area contributed by atoms with Crippen molar-refractivity contribution < 1.29 is 14.0 Å². The van der Waals surface area contributed by atoms with Crippen molar-refractivity contribution in [3.05, 3.63) is 53.9 Å². The SMILES string of the molecule is CCc1ccnc(C(=O)Nc2ccc(N3CCN(C(=O)C4(F)CCC4)CC3)cc2)c1. The lowest BCUT2D eigenvalue weighted by Crippen LogP contribution is -2.56. The van der Waals surface area contributed by atoms with E-state index in [-0.39, 0.29) is 11.8 Å². The van der Waals surface area contributed by atoms with E-state index in [1.807, 2.05) is 37.3 Å². The van der Waals surface area contributed by atoms with Crippen LogP contribution in [-0.2, 0) is 11.2 Å². The Bertz CT molecular complexity index is 919. The Morgan fingerprint density at radius 3 is 2.40 bits per heavy atom. The highest BCUT2D eigenvalue weighted by atomic mass is 19.1. The highest BCUT2D eigenvalue weighted by Gasteiger charge is 2.47. The second-order valence-electron chi connectivity index (χ2n) is 8.00. The summed E-state index contributed by atoms with van der Waals surface area (Å²) in [4.78, 5) is 32.7.